The van der Waals surface area contributed by atoms with E-state index in [1.807, 2.05) is 0 Å². The highest BCUT2D eigenvalue weighted by Gasteiger charge is 2.17. The van der Waals surface area contributed by atoms with Gasteiger partial charge in [0.25, 0.3) is 0 Å². The van der Waals surface area contributed by atoms with Crippen molar-refractivity contribution in [3.05, 3.63) is 0 Å². The molecule has 15 heteroatoms. The molecule has 43 heavy (non-hydrogen) atoms. The van der Waals surface area contributed by atoms with E-state index in [0.29, 0.717) is 0 Å². The van der Waals surface area contributed by atoms with Crippen molar-refractivity contribution >= 4 is 32.5 Å². The van der Waals surface area contributed by atoms with E-state index in [4.69, 9.17) is 0 Å². The maximum absolute atomic E-state index is 10.5. The highest BCUT2D eigenvalue weighted by Crippen LogP contribution is 2.47. The van der Waals surface area contributed by atoms with Crippen molar-refractivity contribution in [1.29, 1.82) is 0 Å². The normalized spacial score (nSPS) is 11.1. The minimum absolute atomic E-state index is 0.280. The molecule has 0 aliphatic heterocycles. The zero-order valence-electron chi connectivity index (χ0n) is 30.0. The molecule has 0 bridgehead atoms. The Bertz CT molecular complexity index is 580. The van der Waals surface area contributed by atoms with Crippen molar-refractivity contribution in [2.45, 2.75) is 95.5 Å². The number of hydrogen-bond donors (Lipinski definition) is 6. The van der Waals surface area contributed by atoms with Crippen molar-refractivity contribution in [3.8, 4) is 0 Å². The molecule has 0 aliphatic rings. The zero-order valence-corrected chi connectivity index (χ0v) is 32.6. The van der Waals surface area contributed by atoms with Gasteiger partial charge >= 0.3 is 0 Å². The molecular weight excluding hydrogens is 610 g/mol. The van der Waals surface area contributed by atoms with Crippen LogP contribution in [0.5, 0.6) is 0 Å². The molecule has 0 fully saturated rings. The fourth-order valence-corrected chi connectivity index (χ4v) is 6.06. The molecule has 0 saturated heterocycles. The Kier molecular flexibility index (Phi) is 42.3. The van der Waals surface area contributed by atoms with Gasteiger partial charge in [-0.1, -0.05) is 0 Å². The van der Waals surface area contributed by atoms with E-state index in [9.17, 15) is 28.7 Å². The fraction of sp³-hybridized carbons (Fsp3) is 0.964. The Morgan fingerprint density at radius 2 is 0.698 bits per heavy atom. The van der Waals surface area contributed by atoms with E-state index >= 15 is 0 Å². The Labute approximate surface area is 271 Å². The SMILES string of the molecule is CCNC(=S)NC(P(=O)([O-])[O-])P(=O)([O-])[O-].CC[NH+](CC)CC.CC[NH+](CC)CC.CC[NH+](CC)CC.CC[NH+](CC)CC. The molecule has 0 saturated carbocycles. The molecule has 6 N–H and O–H groups in total. The average molecular weight is 683 g/mol. The van der Waals surface area contributed by atoms with Crippen molar-refractivity contribution in [3.63, 3.8) is 0 Å². The molecule has 0 amide bonds. The molecular formula is C28H72N6O6P2S. The molecule has 12 nitrogen and oxygen atoms in total. The highest BCUT2D eigenvalue weighted by molar-refractivity contribution is 7.80. The molecule has 0 radical (unpaired) electrons. The van der Waals surface area contributed by atoms with Crippen molar-refractivity contribution < 1.29 is 48.3 Å². The van der Waals surface area contributed by atoms with E-state index in [1.165, 1.54) is 78.5 Å². The topological polar surface area (TPSA) is 168 Å². The predicted octanol–water partition coefficient (Wildman–Crippen LogP) is -3.69. The van der Waals surface area contributed by atoms with Gasteiger partial charge in [0.05, 0.1) is 84.1 Å². The fourth-order valence-electron chi connectivity index (χ4n) is 3.66. The summed E-state index contributed by atoms with van der Waals surface area (Å²) in [6.07, 6.45) is 0. The first-order valence-electron chi connectivity index (χ1n) is 16.4. The second kappa shape index (κ2) is 34.7. The predicted molar refractivity (Wildman–Crippen MR) is 179 cm³/mol. The van der Waals surface area contributed by atoms with Gasteiger partial charge in [-0.25, -0.2) is 0 Å². The van der Waals surface area contributed by atoms with Crippen LogP contribution in [-0.4, -0.2) is 95.7 Å². The van der Waals surface area contributed by atoms with Crippen LogP contribution in [0.2, 0.25) is 0 Å². The lowest BCUT2D eigenvalue weighted by molar-refractivity contribution is -0.894. The molecule has 0 spiro atoms. The lowest BCUT2D eigenvalue weighted by Gasteiger charge is -2.49. The van der Waals surface area contributed by atoms with E-state index < -0.39 is 20.7 Å². The van der Waals surface area contributed by atoms with Crippen LogP contribution in [-0.2, 0) is 9.13 Å². The number of quaternary nitrogens is 4. The number of hydrogen-bond acceptors (Lipinski definition) is 7. The smallest absolute Gasteiger partial charge is 0.167 e. The first-order valence-corrected chi connectivity index (χ1v) is 20.0. The quantitative estimate of drug-likeness (QED) is 0.0710. The van der Waals surface area contributed by atoms with Crippen LogP contribution in [0.3, 0.4) is 0 Å². The van der Waals surface area contributed by atoms with Crippen LogP contribution in [0.1, 0.15) is 90.0 Å². The molecule has 0 aromatic rings. The van der Waals surface area contributed by atoms with Gasteiger partial charge < -0.3 is 58.9 Å². The van der Waals surface area contributed by atoms with E-state index in [-0.39, 0.29) is 11.7 Å². The second-order valence-electron chi connectivity index (χ2n) is 9.70. The Hall–Kier alpha value is -0.170. The van der Waals surface area contributed by atoms with Crippen LogP contribution in [0.25, 0.3) is 0 Å². The number of rotatable bonds is 16. The lowest BCUT2D eigenvalue weighted by Crippen LogP contribution is -3.11. The van der Waals surface area contributed by atoms with E-state index in [2.05, 4.69) is 101 Å². The minimum atomic E-state index is -5.60. The first kappa shape index (κ1) is 52.4. The van der Waals surface area contributed by atoms with Gasteiger partial charge in [-0.2, -0.15) is 0 Å². The summed E-state index contributed by atoms with van der Waals surface area (Å²) in [6.45, 7) is 43.8. The molecule has 0 atom stereocenters. The van der Waals surface area contributed by atoms with Gasteiger partial charge in [0.2, 0.25) is 0 Å². The molecule has 0 aromatic heterocycles. The largest absolute Gasteiger partial charge is 0.809 e. The number of nitrogens with one attached hydrogen (secondary N) is 6. The summed E-state index contributed by atoms with van der Waals surface area (Å²) < 4.78 is 20.9. The van der Waals surface area contributed by atoms with Crippen molar-refractivity contribution in [2.24, 2.45) is 0 Å². The summed E-state index contributed by atoms with van der Waals surface area (Å²) in [4.78, 5) is 48.6. The Balaban J connectivity index is -0.000000148. The first-order chi connectivity index (χ1) is 20.0. The van der Waals surface area contributed by atoms with Gasteiger partial charge in [0.15, 0.2) is 5.11 Å². The maximum Gasteiger partial charge on any atom is 0.167 e. The molecule has 0 aromatic carbocycles. The van der Waals surface area contributed by atoms with Gasteiger partial charge in [0, 0.05) is 6.54 Å². The third-order valence-corrected chi connectivity index (χ3v) is 10.6. The molecule has 0 aliphatic carbocycles. The van der Waals surface area contributed by atoms with Crippen molar-refractivity contribution in [1.82, 2.24) is 10.6 Å². The summed E-state index contributed by atoms with van der Waals surface area (Å²) >= 11 is 4.45. The van der Waals surface area contributed by atoms with E-state index in [0.717, 1.165) is 0 Å². The maximum atomic E-state index is 10.5. The monoisotopic (exact) mass is 682 g/mol. The summed E-state index contributed by atoms with van der Waals surface area (Å²) in [7, 11) is -11.2. The minimum Gasteiger partial charge on any atom is -0.809 e. The Morgan fingerprint density at radius 3 is 0.791 bits per heavy atom. The molecule has 0 unspecified atom stereocenters. The van der Waals surface area contributed by atoms with Crippen molar-refractivity contribution in [2.75, 3.05) is 85.1 Å². The summed E-state index contributed by atoms with van der Waals surface area (Å²) in [5.41, 5.74) is -2.75. The van der Waals surface area contributed by atoms with Crippen LogP contribution in [0.4, 0.5) is 0 Å². The van der Waals surface area contributed by atoms with Crippen LogP contribution in [0.15, 0.2) is 0 Å². The summed E-state index contributed by atoms with van der Waals surface area (Å²) in [5.74, 6) is 0. The van der Waals surface area contributed by atoms with Gasteiger partial charge in [0.1, 0.15) is 0 Å². The standard InChI is InChI=1S/4C6H15N.C4H12N2O6P2S/c4*1-4-7(5-2)6-3;1-2-5-3(15)6-4(13(7,8)9)14(10,11)12/h4*4-6H2,1-3H3;4H,2H2,1H3,(H2,5,6,15)(H2,7,8,9)(H2,10,11,12). The Morgan fingerprint density at radius 1 is 0.512 bits per heavy atom. The molecule has 0 heterocycles. The van der Waals surface area contributed by atoms with Gasteiger partial charge in [-0.15, -0.1) is 0 Å². The van der Waals surface area contributed by atoms with E-state index in [1.54, 1.807) is 31.8 Å². The highest BCUT2D eigenvalue weighted by atomic mass is 32.1. The van der Waals surface area contributed by atoms with Crippen LogP contribution >= 0.6 is 27.4 Å². The third-order valence-electron chi connectivity index (χ3n) is 7.20. The lowest BCUT2D eigenvalue weighted by atomic mass is 10.5. The third kappa shape index (κ3) is 36.2. The summed E-state index contributed by atoms with van der Waals surface area (Å²) in [5, 5.41) is 3.60. The van der Waals surface area contributed by atoms with Gasteiger partial charge in [-0.3, -0.25) is 0 Å². The van der Waals surface area contributed by atoms with Crippen LogP contribution < -0.4 is 49.8 Å². The second-order valence-corrected chi connectivity index (χ2v) is 13.7. The molecule has 0 rings (SSSR count). The van der Waals surface area contributed by atoms with Gasteiger partial charge in [-0.05, 0) is 117 Å². The van der Waals surface area contributed by atoms with Crippen LogP contribution in [0, 0.1) is 0 Å². The zero-order chi connectivity index (χ0) is 35.1. The summed E-state index contributed by atoms with van der Waals surface area (Å²) in [6, 6.07) is 0. The molecule has 266 valence electrons. The number of thiocarbonyl (C=S) groups is 1. The average Bonchev–Trinajstić information content (AvgIpc) is 2.96.